The van der Waals surface area contributed by atoms with E-state index in [0.29, 0.717) is 30.8 Å². The zero-order valence-corrected chi connectivity index (χ0v) is 22.7. The Morgan fingerprint density at radius 3 is 2.26 bits per heavy atom. The van der Waals surface area contributed by atoms with Gasteiger partial charge in [0, 0.05) is 0 Å². The highest BCUT2D eigenvalue weighted by Gasteiger charge is 2.63. The van der Waals surface area contributed by atoms with E-state index in [9.17, 15) is 25.2 Å². The average Bonchev–Trinajstić information content (AvgIpc) is 3.11. The number of hydrogen-bond donors (Lipinski definition) is 4. The van der Waals surface area contributed by atoms with Crippen LogP contribution in [0.3, 0.4) is 0 Å². The van der Waals surface area contributed by atoms with Crippen LogP contribution in [0.2, 0.25) is 0 Å². The summed E-state index contributed by atoms with van der Waals surface area (Å²) < 4.78 is 5.88. The predicted molar refractivity (Wildman–Crippen MR) is 134 cm³/mol. The Hall–Kier alpha value is -0.690. The van der Waals surface area contributed by atoms with Crippen LogP contribution in [0.5, 0.6) is 0 Å². The summed E-state index contributed by atoms with van der Waals surface area (Å²) in [5.41, 5.74) is -0.348. The van der Waals surface area contributed by atoms with Crippen molar-refractivity contribution in [3.8, 4) is 0 Å². The van der Waals surface area contributed by atoms with Crippen molar-refractivity contribution in [3.63, 3.8) is 0 Å². The van der Waals surface area contributed by atoms with E-state index < -0.39 is 24.4 Å². The number of carbonyl (C=O) groups is 1. The number of aliphatic hydroxyl groups excluding tert-OH is 4. The maximum Gasteiger partial charge on any atom is 0.309 e. The van der Waals surface area contributed by atoms with Crippen molar-refractivity contribution < 1.29 is 30.0 Å². The molecule has 13 atom stereocenters. The van der Waals surface area contributed by atoms with E-state index in [1.54, 1.807) is 0 Å². The van der Waals surface area contributed by atoms with Crippen molar-refractivity contribution in [2.45, 2.75) is 111 Å². The maximum absolute atomic E-state index is 13.0. The lowest BCUT2D eigenvalue weighted by molar-refractivity contribution is -0.162. The van der Waals surface area contributed by atoms with Gasteiger partial charge in [0.05, 0.1) is 36.9 Å². The van der Waals surface area contributed by atoms with Crippen LogP contribution < -0.4 is 0 Å². The minimum absolute atomic E-state index is 0.00679. The highest BCUT2D eigenvalue weighted by Crippen LogP contribution is 2.66. The second kappa shape index (κ2) is 9.89. The molecule has 4 fully saturated rings. The number of aliphatic hydroxyl groups is 4. The maximum atomic E-state index is 13.0. The van der Waals surface area contributed by atoms with Crippen LogP contribution in [0.4, 0.5) is 0 Å². The first kappa shape index (κ1) is 27.3. The Kier molecular flexibility index (Phi) is 7.72. The molecule has 0 aromatic rings. The van der Waals surface area contributed by atoms with Gasteiger partial charge in [0.15, 0.2) is 0 Å². The van der Waals surface area contributed by atoms with E-state index in [1.165, 1.54) is 0 Å². The van der Waals surface area contributed by atoms with Crippen LogP contribution in [0, 0.1) is 58.2 Å². The molecule has 0 radical (unpaired) electrons. The van der Waals surface area contributed by atoms with Gasteiger partial charge in [-0.2, -0.15) is 0 Å². The number of cyclic esters (lactones) is 1. The van der Waals surface area contributed by atoms with Crippen molar-refractivity contribution in [3.05, 3.63) is 0 Å². The predicted octanol–water partition coefficient (Wildman–Crippen LogP) is 3.78. The standard InChI is InChI=1S/C29H50O6/c1-7-17(15(2)3)26(33)25(32)16(4)19-8-9-20-18-14-35-27(34)22-12-23(30)24(31)13-29(22,6)21(18)10-11-28(19,20)5/h15-26,30-33H,7-14H2,1-6H3/t16-,17+,18?,19-,20?,21?,22?,23+,24-,25-,26-,28-,29-/m1/s1. The van der Waals surface area contributed by atoms with Crippen molar-refractivity contribution >= 4 is 5.97 Å². The van der Waals surface area contributed by atoms with E-state index in [2.05, 4.69) is 41.5 Å². The van der Waals surface area contributed by atoms with Gasteiger partial charge < -0.3 is 25.2 Å². The molecule has 4 rings (SSSR count). The third-order valence-electron chi connectivity index (χ3n) is 11.7. The van der Waals surface area contributed by atoms with Crippen LogP contribution in [0.25, 0.3) is 0 Å². The largest absolute Gasteiger partial charge is 0.465 e. The van der Waals surface area contributed by atoms with Crippen molar-refractivity contribution in [1.29, 1.82) is 0 Å². The lowest BCUT2D eigenvalue weighted by atomic mass is 9.48. The van der Waals surface area contributed by atoms with Gasteiger partial charge in [-0.25, -0.2) is 0 Å². The molecule has 3 aliphatic carbocycles. The molecule has 0 aromatic heterocycles. The lowest BCUT2D eigenvalue weighted by Crippen LogP contribution is -2.55. The van der Waals surface area contributed by atoms with Gasteiger partial charge >= 0.3 is 5.97 Å². The molecular weight excluding hydrogens is 444 g/mol. The molecule has 1 aliphatic heterocycles. The number of hydrogen-bond acceptors (Lipinski definition) is 6. The van der Waals surface area contributed by atoms with Gasteiger partial charge in [-0.1, -0.05) is 48.0 Å². The monoisotopic (exact) mass is 494 g/mol. The van der Waals surface area contributed by atoms with Crippen LogP contribution >= 0.6 is 0 Å². The number of carbonyl (C=O) groups excluding carboxylic acids is 1. The molecule has 0 bridgehead atoms. The van der Waals surface area contributed by atoms with Crippen LogP contribution in [0.1, 0.15) is 86.5 Å². The normalized spacial score (nSPS) is 47.1. The third kappa shape index (κ3) is 4.38. The van der Waals surface area contributed by atoms with E-state index >= 15 is 0 Å². The second-order valence-electron chi connectivity index (χ2n) is 13.5. The van der Waals surface area contributed by atoms with E-state index in [1.807, 2.05) is 0 Å². The summed E-state index contributed by atoms with van der Waals surface area (Å²) in [7, 11) is 0. The second-order valence-corrected chi connectivity index (χ2v) is 13.5. The smallest absolute Gasteiger partial charge is 0.309 e. The summed E-state index contributed by atoms with van der Waals surface area (Å²) in [6.45, 7) is 13.4. The van der Waals surface area contributed by atoms with Gasteiger partial charge in [0.1, 0.15) is 0 Å². The van der Waals surface area contributed by atoms with Crippen LogP contribution in [-0.4, -0.2) is 57.4 Å². The van der Waals surface area contributed by atoms with Gasteiger partial charge in [-0.15, -0.1) is 0 Å². The molecule has 0 spiro atoms. The molecule has 202 valence electrons. The topological polar surface area (TPSA) is 107 Å². The molecule has 4 aliphatic rings. The summed E-state index contributed by atoms with van der Waals surface area (Å²) in [4.78, 5) is 13.0. The Morgan fingerprint density at radius 1 is 0.971 bits per heavy atom. The van der Waals surface area contributed by atoms with Gasteiger partial charge in [0.25, 0.3) is 0 Å². The van der Waals surface area contributed by atoms with E-state index in [-0.39, 0.29) is 52.8 Å². The van der Waals surface area contributed by atoms with Gasteiger partial charge in [-0.05, 0) is 90.8 Å². The summed E-state index contributed by atoms with van der Waals surface area (Å²) in [6.07, 6.45) is 2.49. The fraction of sp³-hybridized carbons (Fsp3) is 0.966. The first-order chi connectivity index (χ1) is 16.4. The minimum atomic E-state index is -0.867. The fourth-order valence-corrected chi connectivity index (χ4v) is 9.60. The van der Waals surface area contributed by atoms with Crippen molar-refractivity contribution in [2.75, 3.05) is 6.61 Å². The summed E-state index contributed by atoms with van der Waals surface area (Å²) in [5.74, 6) is 1.01. The molecule has 0 aromatic carbocycles. The summed E-state index contributed by atoms with van der Waals surface area (Å²) in [5, 5.41) is 43.2. The molecule has 4 unspecified atom stereocenters. The molecule has 3 saturated carbocycles. The summed E-state index contributed by atoms with van der Waals surface area (Å²) in [6, 6.07) is 0. The number of rotatable bonds is 6. The Morgan fingerprint density at radius 2 is 1.63 bits per heavy atom. The highest BCUT2D eigenvalue weighted by molar-refractivity contribution is 5.74. The first-order valence-electron chi connectivity index (χ1n) is 14.3. The Balaban J connectivity index is 1.57. The first-order valence-corrected chi connectivity index (χ1v) is 14.3. The lowest BCUT2D eigenvalue weighted by Gasteiger charge is -2.56. The van der Waals surface area contributed by atoms with Gasteiger partial charge in [-0.3, -0.25) is 4.79 Å². The quantitative estimate of drug-likeness (QED) is 0.419. The van der Waals surface area contributed by atoms with Crippen molar-refractivity contribution in [1.82, 2.24) is 0 Å². The van der Waals surface area contributed by atoms with E-state index in [4.69, 9.17) is 4.74 Å². The fourth-order valence-electron chi connectivity index (χ4n) is 9.60. The van der Waals surface area contributed by atoms with Crippen LogP contribution in [-0.2, 0) is 9.53 Å². The van der Waals surface area contributed by atoms with Crippen LogP contribution in [0.15, 0.2) is 0 Å². The van der Waals surface area contributed by atoms with Crippen molar-refractivity contribution in [2.24, 2.45) is 58.2 Å². The minimum Gasteiger partial charge on any atom is -0.465 e. The molecule has 6 nitrogen and oxygen atoms in total. The molecule has 4 N–H and O–H groups in total. The number of ether oxygens (including phenoxy) is 1. The average molecular weight is 495 g/mol. The number of esters is 1. The number of fused-ring (bicyclic) bond motifs is 5. The molecule has 35 heavy (non-hydrogen) atoms. The molecule has 6 heteroatoms. The highest BCUT2D eigenvalue weighted by atomic mass is 16.5. The molecular formula is C29H50O6. The van der Waals surface area contributed by atoms with E-state index in [0.717, 1.165) is 32.1 Å². The zero-order valence-electron chi connectivity index (χ0n) is 22.7. The Bertz CT molecular complexity index is 770. The molecule has 1 saturated heterocycles. The van der Waals surface area contributed by atoms with Gasteiger partial charge in [0.2, 0.25) is 0 Å². The summed E-state index contributed by atoms with van der Waals surface area (Å²) >= 11 is 0. The molecule has 0 amide bonds. The SMILES string of the molecule is CC[C@@H](C(C)C)[C@@H](O)[C@H](O)[C@H](C)[C@H]1CCC2C3COC(=O)C4C[C@H](O)[C@H](O)C[C@]4(C)C3CC[C@@]21C. The molecule has 1 heterocycles. The zero-order chi connectivity index (χ0) is 25.9. The third-order valence-corrected chi connectivity index (χ3v) is 11.7. The Labute approximate surface area is 211 Å².